The van der Waals surface area contributed by atoms with Gasteiger partial charge < -0.3 is 15.0 Å². The summed E-state index contributed by atoms with van der Waals surface area (Å²) in [6, 6.07) is 16.5. The second-order valence-corrected chi connectivity index (χ2v) is 4.64. The quantitative estimate of drug-likeness (QED) is 0.727. The van der Waals surface area contributed by atoms with E-state index in [-0.39, 0.29) is 0 Å². The number of ether oxygens (including phenoxy) is 1. The Morgan fingerprint density at radius 1 is 1.05 bits per heavy atom. The molecule has 2 aromatic carbocycles. The lowest BCUT2D eigenvalue weighted by Gasteiger charge is -2.12. The van der Waals surface area contributed by atoms with Crippen LogP contribution in [0.25, 0.3) is 10.9 Å². The highest BCUT2D eigenvalue weighted by atomic mass is 16.5. The summed E-state index contributed by atoms with van der Waals surface area (Å²) >= 11 is 0. The van der Waals surface area contributed by atoms with Crippen LogP contribution in [-0.2, 0) is 6.54 Å². The summed E-state index contributed by atoms with van der Waals surface area (Å²) in [4.78, 5) is 3.24. The van der Waals surface area contributed by atoms with Gasteiger partial charge in [0.25, 0.3) is 0 Å². The number of anilines is 1. The summed E-state index contributed by atoms with van der Waals surface area (Å²) in [6.07, 6.45) is 1.97. The summed E-state index contributed by atoms with van der Waals surface area (Å²) in [5.74, 6) is 0.899. The summed E-state index contributed by atoms with van der Waals surface area (Å²) in [5.41, 5.74) is 3.47. The molecule has 3 aromatic rings. The molecule has 20 heavy (non-hydrogen) atoms. The maximum Gasteiger partial charge on any atom is 0.142 e. The Morgan fingerprint density at radius 2 is 1.95 bits per heavy atom. The van der Waals surface area contributed by atoms with Gasteiger partial charge in [-0.1, -0.05) is 24.3 Å². The largest absolute Gasteiger partial charge is 0.492 e. The van der Waals surface area contributed by atoms with Crippen LogP contribution in [0.2, 0.25) is 0 Å². The standard InChI is InChI=1S/C17H18N2O/c1-2-20-17-9-4-3-7-16(17)19-12-13-6-5-8-15-14(13)10-11-18-15/h3-11,18-19H,2,12H2,1H3. The first kappa shape index (κ1) is 12.6. The second kappa shape index (κ2) is 5.70. The SMILES string of the molecule is CCOc1ccccc1NCc1cccc2[nH]ccc12. The lowest BCUT2D eigenvalue weighted by molar-refractivity contribution is 0.341. The molecule has 0 radical (unpaired) electrons. The summed E-state index contributed by atoms with van der Waals surface area (Å²) in [7, 11) is 0. The van der Waals surface area contributed by atoms with Gasteiger partial charge in [0.2, 0.25) is 0 Å². The molecule has 0 spiro atoms. The smallest absolute Gasteiger partial charge is 0.142 e. The Bertz CT molecular complexity index is 703. The van der Waals surface area contributed by atoms with E-state index in [1.54, 1.807) is 0 Å². The molecule has 0 aliphatic rings. The number of aromatic amines is 1. The number of hydrogen-bond donors (Lipinski definition) is 2. The number of benzene rings is 2. The molecular weight excluding hydrogens is 248 g/mol. The lowest BCUT2D eigenvalue weighted by Crippen LogP contribution is -2.02. The topological polar surface area (TPSA) is 37.0 Å². The fraction of sp³-hybridized carbons (Fsp3) is 0.176. The first-order valence-electron chi connectivity index (χ1n) is 6.89. The highest BCUT2D eigenvalue weighted by Crippen LogP contribution is 2.25. The Balaban J connectivity index is 1.81. The van der Waals surface area contributed by atoms with Crippen molar-refractivity contribution >= 4 is 16.6 Å². The van der Waals surface area contributed by atoms with Crippen LogP contribution in [0.15, 0.2) is 54.7 Å². The van der Waals surface area contributed by atoms with Crippen LogP contribution in [-0.4, -0.2) is 11.6 Å². The van der Waals surface area contributed by atoms with Gasteiger partial charge in [0.1, 0.15) is 5.75 Å². The minimum Gasteiger partial charge on any atom is -0.492 e. The fourth-order valence-corrected chi connectivity index (χ4v) is 2.39. The number of para-hydroxylation sites is 2. The fourth-order valence-electron chi connectivity index (χ4n) is 2.39. The predicted molar refractivity (Wildman–Crippen MR) is 83.2 cm³/mol. The Labute approximate surface area is 118 Å². The van der Waals surface area contributed by atoms with Gasteiger partial charge in [0, 0.05) is 23.6 Å². The van der Waals surface area contributed by atoms with Crippen molar-refractivity contribution in [2.24, 2.45) is 0 Å². The number of nitrogens with one attached hydrogen (secondary N) is 2. The van der Waals surface area contributed by atoms with Crippen molar-refractivity contribution in [1.82, 2.24) is 4.98 Å². The summed E-state index contributed by atoms with van der Waals surface area (Å²) < 4.78 is 5.63. The van der Waals surface area contributed by atoms with Crippen LogP contribution in [0.4, 0.5) is 5.69 Å². The monoisotopic (exact) mass is 266 g/mol. The van der Waals surface area contributed by atoms with Gasteiger partial charge >= 0.3 is 0 Å². The molecule has 0 amide bonds. The van der Waals surface area contributed by atoms with Crippen LogP contribution in [0.5, 0.6) is 5.75 Å². The maximum absolute atomic E-state index is 5.63. The number of fused-ring (bicyclic) bond motifs is 1. The van der Waals surface area contributed by atoms with Gasteiger partial charge in [0.05, 0.1) is 12.3 Å². The van der Waals surface area contributed by atoms with Crippen molar-refractivity contribution in [3.05, 3.63) is 60.3 Å². The second-order valence-electron chi connectivity index (χ2n) is 4.64. The van der Waals surface area contributed by atoms with E-state index in [9.17, 15) is 0 Å². The van der Waals surface area contributed by atoms with Gasteiger partial charge in [-0.25, -0.2) is 0 Å². The van der Waals surface area contributed by atoms with Crippen LogP contribution < -0.4 is 10.1 Å². The van der Waals surface area contributed by atoms with Gasteiger partial charge in [-0.05, 0) is 36.8 Å². The van der Waals surface area contributed by atoms with Crippen LogP contribution in [0.1, 0.15) is 12.5 Å². The van der Waals surface area contributed by atoms with E-state index < -0.39 is 0 Å². The van der Waals surface area contributed by atoms with E-state index in [4.69, 9.17) is 4.74 Å². The molecule has 0 atom stereocenters. The van der Waals surface area contributed by atoms with E-state index in [0.29, 0.717) is 6.61 Å². The van der Waals surface area contributed by atoms with E-state index in [2.05, 4.69) is 34.6 Å². The Morgan fingerprint density at radius 3 is 2.85 bits per heavy atom. The molecule has 3 rings (SSSR count). The number of aromatic nitrogens is 1. The lowest BCUT2D eigenvalue weighted by atomic mass is 10.1. The third-order valence-electron chi connectivity index (χ3n) is 3.34. The number of rotatable bonds is 5. The molecule has 1 aromatic heterocycles. The molecule has 3 heteroatoms. The molecule has 0 saturated heterocycles. The van der Waals surface area contributed by atoms with Crippen LogP contribution in [0.3, 0.4) is 0 Å². The average Bonchev–Trinajstić information content (AvgIpc) is 2.96. The predicted octanol–water partition coefficient (Wildman–Crippen LogP) is 4.18. The van der Waals surface area contributed by atoms with Gasteiger partial charge in [-0.15, -0.1) is 0 Å². The average molecular weight is 266 g/mol. The van der Waals surface area contributed by atoms with E-state index in [1.807, 2.05) is 37.4 Å². The third-order valence-corrected chi connectivity index (χ3v) is 3.34. The molecule has 0 aliphatic heterocycles. The van der Waals surface area contributed by atoms with Crippen LogP contribution >= 0.6 is 0 Å². The molecule has 0 unspecified atom stereocenters. The minimum absolute atomic E-state index is 0.673. The zero-order valence-electron chi connectivity index (χ0n) is 11.5. The van der Waals surface area contributed by atoms with Crippen molar-refractivity contribution in [2.45, 2.75) is 13.5 Å². The third kappa shape index (κ3) is 2.48. The molecule has 1 heterocycles. The number of hydrogen-bond acceptors (Lipinski definition) is 2. The summed E-state index contributed by atoms with van der Waals surface area (Å²) in [5, 5.41) is 4.72. The normalized spacial score (nSPS) is 10.7. The van der Waals surface area contributed by atoms with Gasteiger partial charge in [0.15, 0.2) is 0 Å². The van der Waals surface area contributed by atoms with Crippen molar-refractivity contribution < 1.29 is 4.74 Å². The Hall–Kier alpha value is -2.42. The zero-order valence-corrected chi connectivity index (χ0v) is 11.5. The molecule has 102 valence electrons. The zero-order chi connectivity index (χ0) is 13.8. The molecule has 0 saturated carbocycles. The van der Waals surface area contributed by atoms with Gasteiger partial charge in [-0.3, -0.25) is 0 Å². The Kier molecular flexibility index (Phi) is 3.59. The highest BCUT2D eigenvalue weighted by molar-refractivity contribution is 5.83. The molecule has 2 N–H and O–H groups in total. The molecule has 3 nitrogen and oxygen atoms in total. The van der Waals surface area contributed by atoms with Crippen molar-refractivity contribution in [2.75, 3.05) is 11.9 Å². The van der Waals surface area contributed by atoms with Crippen molar-refractivity contribution in [1.29, 1.82) is 0 Å². The molecule has 0 aliphatic carbocycles. The minimum atomic E-state index is 0.673. The van der Waals surface area contributed by atoms with E-state index in [0.717, 1.165) is 18.0 Å². The number of H-pyrrole nitrogens is 1. The first-order valence-corrected chi connectivity index (χ1v) is 6.89. The van der Waals surface area contributed by atoms with Crippen molar-refractivity contribution in [3.8, 4) is 5.75 Å². The van der Waals surface area contributed by atoms with Crippen molar-refractivity contribution in [3.63, 3.8) is 0 Å². The molecular formula is C17H18N2O. The summed E-state index contributed by atoms with van der Waals surface area (Å²) in [6.45, 7) is 3.45. The van der Waals surface area contributed by atoms with E-state index in [1.165, 1.54) is 16.5 Å². The van der Waals surface area contributed by atoms with Crippen LogP contribution in [0, 0.1) is 0 Å². The molecule has 0 bridgehead atoms. The maximum atomic E-state index is 5.63. The molecule has 0 fully saturated rings. The first-order chi connectivity index (χ1) is 9.88. The highest BCUT2D eigenvalue weighted by Gasteiger charge is 2.04. The van der Waals surface area contributed by atoms with Gasteiger partial charge in [-0.2, -0.15) is 0 Å². The van der Waals surface area contributed by atoms with E-state index >= 15 is 0 Å².